The molecule has 1 aliphatic carbocycles. The second-order valence-corrected chi connectivity index (χ2v) is 5.21. The van der Waals surface area contributed by atoms with Crippen LogP contribution in [0.1, 0.15) is 19.8 Å². The minimum absolute atomic E-state index is 0.0194. The molecule has 0 aromatic rings. The lowest BCUT2D eigenvalue weighted by Gasteiger charge is -2.25. The molecule has 1 heterocycles. The van der Waals surface area contributed by atoms with Crippen LogP contribution < -0.4 is 0 Å². The van der Waals surface area contributed by atoms with Crippen LogP contribution in [0, 0.1) is 5.92 Å². The molecule has 0 bridgehead atoms. The van der Waals surface area contributed by atoms with Gasteiger partial charge in [0, 0.05) is 24.5 Å². The van der Waals surface area contributed by atoms with Crippen LogP contribution in [0.4, 0.5) is 22.0 Å². The standard InChI is InChI=1S/C14H14F5NO/c1-13(15,16)10-4-8(5-11(21)6-10)12-7-9(2-3-20-12)14(17,18)19/h4-5,7,10,21H,2-3,6H2,1H3. The van der Waals surface area contributed by atoms with Crippen LogP contribution in [0.5, 0.6) is 0 Å². The Bertz CT molecular complexity index is 549. The van der Waals surface area contributed by atoms with Crippen molar-refractivity contribution in [3.8, 4) is 0 Å². The first-order chi connectivity index (χ1) is 9.57. The second-order valence-electron chi connectivity index (χ2n) is 5.21. The summed E-state index contributed by atoms with van der Waals surface area (Å²) in [6.07, 6.45) is -1.71. The molecule has 21 heavy (non-hydrogen) atoms. The van der Waals surface area contributed by atoms with Gasteiger partial charge in [-0.15, -0.1) is 0 Å². The Morgan fingerprint density at radius 2 is 1.86 bits per heavy atom. The maximum atomic E-state index is 13.4. The van der Waals surface area contributed by atoms with Gasteiger partial charge in [0.15, 0.2) is 0 Å². The van der Waals surface area contributed by atoms with E-state index in [1.165, 1.54) is 12.2 Å². The van der Waals surface area contributed by atoms with E-state index in [2.05, 4.69) is 4.99 Å². The lowest BCUT2D eigenvalue weighted by atomic mass is 9.87. The highest BCUT2D eigenvalue weighted by molar-refractivity contribution is 6.11. The van der Waals surface area contributed by atoms with Crippen LogP contribution in [0.25, 0.3) is 0 Å². The summed E-state index contributed by atoms with van der Waals surface area (Å²) in [6, 6.07) is 0. The third-order valence-electron chi connectivity index (χ3n) is 3.42. The second kappa shape index (κ2) is 5.27. The average molecular weight is 307 g/mol. The van der Waals surface area contributed by atoms with Crippen molar-refractivity contribution in [3.05, 3.63) is 35.1 Å². The van der Waals surface area contributed by atoms with Gasteiger partial charge in [0.2, 0.25) is 0 Å². The Labute approximate surface area is 118 Å². The van der Waals surface area contributed by atoms with E-state index in [1.54, 1.807) is 0 Å². The van der Waals surface area contributed by atoms with Gasteiger partial charge in [-0.1, -0.05) is 6.08 Å². The number of dihydropyridines is 1. The lowest BCUT2D eigenvalue weighted by molar-refractivity contribution is -0.0938. The summed E-state index contributed by atoms with van der Waals surface area (Å²) in [5.74, 6) is -4.61. The van der Waals surface area contributed by atoms with Crippen molar-refractivity contribution in [1.82, 2.24) is 0 Å². The average Bonchev–Trinajstić information content (AvgIpc) is 2.36. The summed E-state index contributed by atoms with van der Waals surface area (Å²) >= 11 is 0. The number of aliphatic imine (C=N–C) groups is 1. The maximum Gasteiger partial charge on any atom is 0.412 e. The van der Waals surface area contributed by atoms with Gasteiger partial charge in [-0.3, -0.25) is 4.99 Å². The zero-order chi connectivity index (χ0) is 15.8. The summed E-state index contributed by atoms with van der Waals surface area (Å²) in [4.78, 5) is 3.94. The van der Waals surface area contributed by atoms with E-state index in [-0.39, 0.29) is 36.4 Å². The predicted molar refractivity (Wildman–Crippen MR) is 68.6 cm³/mol. The molecule has 1 N–H and O–H groups in total. The molecule has 7 heteroatoms. The van der Waals surface area contributed by atoms with Gasteiger partial charge < -0.3 is 5.11 Å². The van der Waals surface area contributed by atoms with E-state index in [1.807, 2.05) is 0 Å². The third kappa shape index (κ3) is 3.71. The first-order valence-corrected chi connectivity index (χ1v) is 6.39. The predicted octanol–water partition coefficient (Wildman–Crippen LogP) is 4.36. The molecule has 0 saturated carbocycles. The molecule has 1 aliphatic heterocycles. The Morgan fingerprint density at radius 1 is 1.19 bits per heavy atom. The molecule has 2 nitrogen and oxygen atoms in total. The summed E-state index contributed by atoms with van der Waals surface area (Å²) < 4.78 is 64.8. The number of halogens is 5. The molecule has 0 amide bonds. The highest BCUT2D eigenvalue weighted by Crippen LogP contribution is 2.36. The zero-order valence-corrected chi connectivity index (χ0v) is 11.2. The molecule has 2 rings (SSSR count). The minimum atomic E-state index is -4.46. The molecule has 0 radical (unpaired) electrons. The Kier molecular flexibility index (Phi) is 3.95. The molecule has 1 atom stereocenters. The van der Waals surface area contributed by atoms with Crippen LogP contribution in [-0.2, 0) is 0 Å². The summed E-state index contributed by atoms with van der Waals surface area (Å²) in [6.45, 7) is 0.657. The fourth-order valence-corrected chi connectivity index (χ4v) is 2.25. The largest absolute Gasteiger partial charge is 0.512 e. The summed E-state index contributed by atoms with van der Waals surface area (Å²) in [5, 5.41) is 9.56. The van der Waals surface area contributed by atoms with Crippen LogP contribution in [0.3, 0.4) is 0 Å². The van der Waals surface area contributed by atoms with E-state index in [9.17, 15) is 27.1 Å². The van der Waals surface area contributed by atoms with Crippen LogP contribution in [-0.4, -0.2) is 29.5 Å². The molecule has 0 aromatic carbocycles. The van der Waals surface area contributed by atoms with Crippen LogP contribution in [0.15, 0.2) is 40.1 Å². The Morgan fingerprint density at radius 3 is 2.43 bits per heavy atom. The van der Waals surface area contributed by atoms with Gasteiger partial charge in [0.05, 0.1) is 11.5 Å². The number of hydrogen-bond acceptors (Lipinski definition) is 2. The van der Waals surface area contributed by atoms with Gasteiger partial charge in [0.1, 0.15) is 0 Å². The van der Waals surface area contributed by atoms with Crippen LogP contribution in [0.2, 0.25) is 0 Å². The van der Waals surface area contributed by atoms with E-state index < -0.39 is 23.6 Å². The van der Waals surface area contributed by atoms with Crippen molar-refractivity contribution in [3.63, 3.8) is 0 Å². The maximum absolute atomic E-state index is 13.4. The number of rotatable bonds is 2. The SMILES string of the molecule is CC(F)(F)C1C=C(C2=NCCC(C(F)(F)F)=C2)C=C(O)C1. The summed E-state index contributed by atoms with van der Waals surface area (Å²) in [7, 11) is 0. The number of alkyl halides is 5. The van der Waals surface area contributed by atoms with Crippen LogP contribution >= 0.6 is 0 Å². The number of aliphatic hydroxyl groups excluding tert-OH is 1. The molecular formula is C14H14F5NO. The Balaban J connectivity index is 2.34. The molecule has 0 fully saturated rings. The normalized spacial score (nSPS) is 24.0. The molecule has 1 unspecified atom stereocenters. The molecule has 0 aromatic heterocycles. The highest BCUT2D eigenvalue weighted by Gasteiger charge is 2.37. The smallest absolute Gasteiger partial charge is 0.412 e. The summed E-state index contributed by atoms with van der Waals surface area (Å²) in [5.41, 5.74) is -0.660. The Hall–Kier alpha value is -1.66. The van der Waals surface area contributed by atoms with Gasteiger partial charge in [-0.2, -0.15) is 13.2 Å². The lowest BCUT2D eigenvalue weighted by Crippen LogP contribution is -2.26. The minimum Gasteiger partial charge on any atom is -0.512 e. The molecular weight excluding hydrogens is 293 g/mol. The number of aliphatic hydroxyl groups is 1. The molecule has 0 saturated heterocycles. The monoisotopic (exact) mass is 307 g/mol. The van der Waals surface area contributed by atoms with Gasteiger partial charge in [-0.25, -0.2) is 8.78 Å². The van der Waals surface area contributed by atoms with Crippen molar-refractivity contribution in [1.29, 1.82) is 0 Å². The number of hydrogen-bond donors (Lipinski definition) is 1. The first-order valence-electron chi connectivity index (χ1n) is 6.39. The van der Waals surface area contributed by atoms with Crippen molar-refractivity contribution < 1.29 is 27.1 Å². The van der Waals surface area contributed by atoms with E-state index in [0.717, 1.165) is 6.08 Å². The quantitative estimate of drug-likeness (QED) is 0.755. The number of nitrogens with zero attached hydrogens (tertiary/aromatic N) is 1. The highest BCUT2D eigenvalue weighted by atomic mass is 19.4. The van der Waals surface area contributed by atoms with Gasteiger partial charge in [0.25, 0.3) is 5.92 Å². The number of allylic oxidation sites excluding steroid dienone is 5. The third-order valence-corrected chi connectivity index (χ3v) is 3.42. The van der Waals surface area contributed by atoms with Crippen molar-refractivity contribution in [2.45, 2.75) is 31.9 Å². The van der Waals surface area contributed by atoms with E-state index >= 15 is 0 Å². The van der Waals surface area contributed by atoms with E-state index in [0.29, 0.717) is 6.92 Å². The van der Waals surface area contributed by atoms with Crippen molar-refractivity contribution >= 4 is 5.71 Å². The molecule has 116 valence electrons. The molecule has 2 aliphatic rings. The molecule has 0 spiro atoms. The van der Waals surface area contributed by atoms with Gasteiger partial charge >= 0.3 is 6.18 Å². The van der Waals surface area contributed by atoms with Crippen molar-refractivity contribution in [2.24, 2.45) is 10.9 Å². The topological polar surface area (TPSA) is 32.6 Å². The fourth-order valence-electron chi connectivity index (χ4n) is 2.25. The van der Waals surface area contributed by atoms with Crippen molar-refractivity contribution in [2.75, 3.05) is 6.54 Å². The van der Waals surface area contributed by atoms with Gasteiger partial charge in [-0.05, 0) is 31.1 Å². The first kappa shape index (κ1) is 15.7. The zero-order valence-electron chi connectivity index (χ0n) is 11.2. The fraction of sp³-hybridized carbons (Fsp3) is 0.500. The van der Waals surface area contributed by atoms with E-state index in [4.69, 9.17) is 0 Å².